The Kier molecular flexibility index (Phi) is 12.6. The predicted octanol–water partition coefficient (Wildman–Crippen LogP) is -4.06. The van der Waals surface area contributed by atoms with Gasteiger partial charge in [0.05, 0.1) is 13.0 Å². The molecule has 0 aliphatic heterocycles. The summed E-state index contributed by atoms with van der Waals surface area (Å²) in [6.45, 7) is -0.241. The van der Waals surface area contributed by atoms with Crippen LogP contribution in [0.4, 0.5) is 0 Å². The number of carbonyl (C=O) groups is 5. The van der Waals surface area contributed by atoms with Gasteiger partial charge in [-0.15, -0.1) is 0 Å². The Morgan fingerprint density at radius 2 is 1.50 bits per heavy atom. The summed E-state index contributed by atoms with van der Waals surface area (Å²) in [5, 5.41) is 24.6. The lowest BCUT2D eigenvalue weighted by Gasteiger charge is -2.23. The molecule has 15 heteroatoms. The topological polar surface area (TPSA) is 252 Å². The van der Waals surface area contributed by atoms with Crippen molar-refractivity contribution >= 4 is 48.2 Å². The second-order valence-corrected chi connectivity index (χ2v) is 6.38. The minimum Gasteiger partial charge on any atom is -0.481 e. The summed E-state index contributed by atoms with van der Waals surface area (Å²) >= 11 is 3.97. The first-order valence-corrected chi connectivity index (χ1v) is 9.36. The number of carboxylic acid groups (broad SMARTS) is 2. The van der Waals surface area contributed by atoms with E-state index in [-0.39, 0.29) is 37.6 Å². The van der Waals surface area contributed by atoms with Crippen LogP contribution in [0.15, 0.2) is 4.99 Å². The highest BCUT2D eigenvalue weighted by atomic mass is 32.1. The number of aliphatic carboxylic acids is 2. The fourth-order valence-corrected chi connectivity index (χ4v) is 2.40. The van der Waals surface area contributed by atoms with Gasteiger partial charge in [-0.3, -0.25) is 24.2 Å². The molecule has 3 unspecified atom stereocenters. The molecule has 0 saturated heterocycles. The van der Waals surface area contributed by atoms with Gasteiger partial charge >= 0.3 is 11.9 Å². The number of rotatable bonds is 14. The zero-order chi connectivity index (χ0) is 23.3. The first-order chi connectivity index (χ1) is 14.0. The van der Waals surface area contributed by atoms with Crippen molar-refractivity contribution < 1.29 is 34.2 Å². The van der Waals surface area contributed by atoms with Gasteiger partial charge in [0.1, 0.15) is 18.1 Å². The number of nitrogens with zero attached hydrogens (tertiary/aromatic N) is 1. The van der Waals surface area contributed by atoms with Crippen molar-refractivity contribution in [2.75, 3.05) is 18.8 Å². The number of nitrogens with two attached hydrogens (primary N) is 3. The number of hydrogen-bond donors (Lipinski definition) is 9. The average molecular weight is 449 g/mol. The molecule has 3 atom stereocenters. The molecule has 3 amide bonds. The van der Waals surface area contributed by atoms with E-state index in [9.17, 15) is 24.0 Å². The quantitative estimate of drug-likeness (QED) is 0.0536. The highest BCUT2D eigenvalue weighted by Gasteiger charge is 2.29. The molecule has 0 spiro atoms. The zero-order valence-electron chi connectivity index (χ0n) is 16.0. The Morgan fingerprint density at radius 1 is 0.933 bits per heavy atom. The molecule has 170 valence electrons. The number of guanidine groups is 1. The summed E-state index contributed by atoms with van der Waals surface area (Å²) < 4.78 is 0. The van der Waals surface area contributed by atoms with Crippen LogP contribution in [-0.4, -0.2) is 82.8 Å². The van der Waals surface area contributed by atoms with Gasteiger partial charge < -0.3 is 43.4 Å². The molecular weight excluding hydrogens is 422 g/mol. The summed E-state index contributed by atoms with van der Waals surface area (Å²) in [5.41, 5.74) is 15.6. The van der Waals surface area contributed by atoms with Gasteiger partial charge in [0.15, 0.2) is 5.96 Å². The molecule has 0 rings (SSSR count). The maximum absolute atomic E-state index is 12.5. The SMILES string of the molecule is NCC(=O)NC(CS)C(=O)NC(CCCN=C(N)N)C(=O)NC(CC(=O)O)C(=O)O. The van der Waals surface area contributed by atoms with Crippen LogP contribution in [0.5, 0.6) is 0 Å². The lowest BCUT2D eigenvalue weighted by Crippen LogP contribution is -2.56. The van der Waals surface area contributed by atoms with Crippen molar-refractivity contribution in [2.45, 2.75) is 37.4 Å². The molecule has 0 aromatic rings. The van der Waals surface area contributed by atoms with E-state index in [1.54, 1.807) is 0 Å². The van der Waals surface area contributed by atoms with E-state index in [1.807, 2.05) is 0 Å². The van der Waals surface area contributed by atoms with Crippen molar-refractivity contribution in [1.29, 1.82) is 0 Å². The lowest BCUT2D eigenvalue weighted by molar-refractivity contribution is -0.147. The van der Waals surface area contributed by atoms with Crippen LogP contribution in [0.2, 0.25) is 0 Å². The number of amides is 3. The number of carboxylic acids is 2. The van der Waals surface area contributed by atoms with Crippen molar-refractivity contribution in [2.24, 2.45) is 22.2 Å². The number of aliphatic imine (C=N–C) groups is 1. The van der Waals surface area contributed by atoms with E-state index >= 15 is 0 Å². The maximum Gasteiger partial charge on any atom is 0.326 e. The molecule has 0 fully saturated rings. The summed E-state index contributed by atoms with van der Waals surface area (Å²) in [6, 6.07) is -4.06. The van der Waals surface area contributed by atoms with Crippen LogP contribution in [0.25, 0.3) is 0 Å². The Balaban J connectivity index is 5.31. The van der Waals surface area contributed by atoms with Gasteiger partial charge in [0, 0.05) is 12.3 Å². The summed E-state index contributed by atoms with van der Waals surface area (Å²) in [4.78, 5) is 62.0. The highest BCUT2D eigenvalue weighted by Crippen LogP contribution is 2.03. The molecule has 30 heavy (non-hydrogen) atoms. The van der Waals surface area contributed by atoms with Gasteiger partial charge in [-0.25, -0.2) is 4.79 Å². The number of nitrogens with one attached hydrogen (secondary N) is 3. The second kappa shape index (κ2) is 14.0. The van der Waals surface area contributed by atoms with Crippen molar-refractivity contribution in [3.05, 3.63) is 0 Å². The minimum atomic E-state index is -1.70. The number of hydrogen-bond acceptors (Lipinski definition) is 8. The molecular formula is C15H27N7O7S. The van der Waals surface area contributed by atoms with E-state index in [1.165, 1.54) is 0 Å². The van der Waals surface area contributed by atoms with Gasteiger partial charge in [0.2, 0.25) is 17.7 Å². The Bertz CT molecular complexity index is 670. The normalized spacial score (nSPS) is 13.3. The van der Waals surface area contributed by atoms with Gasteiger partial charge in [-0.2, -0.15) is 12.6 Å². The zero-order valence-corrected chi connectivity index (χ0v) is 16.9. The minimum absolute atomic E-state index is 0.00209. The van der Waals surface area contributed by atoms with E-state index in [0.717, 1.165) is 0 Å². The third-order valence-electron chi connectivity index (χ3n) is 3.59. The first kappa shape index (κ1) is 26.9. The molecule has 0 aliphatic rings. The Labute approximate surface area is 177 Å². The molecule has 0 aliphatic carbocycles. The monoisotopic (exact) mass is 449 g/mol. The van der Waals surface area contributed by atoms with E-state index < -0.39 is 54.2 Å². The van der Waals surface area contributed by atoms with Crippen LogP contribution in [0.3, 0.4) is 0 Å². The third kappa shape index (κ3) is 11.1. The van der Waals surface area contributed by atoms with Crippen LogP contribution in [0.1, 0.15) is 19.3 Å². The van der Waals surface area contributed by atoms with Crippen molar-refractivity contribution in [3.8, 4) is 0 Å². The molecule has 0 aromatic carbocycles. The van der Waals surface area contributed by atoms with E-state index in [0.29, 0.717) is 0 Å². The lowest BCUT2D eigenvalue weighted by atomic mass is 10.1. The predicted molar refractivity (Wildman–Crippen MR) is 108 cm³/mol. The van der Waals surface area contributed by atoms with Crippen molar-refractivity contribution in [3.63, 3.8) is 0 Å². The van der Waals surface area contributed by atoms with E-state index in [2.05, 4.69) is 33.6 Å². The van der Waals surface area contributed by atoms with Crippen LogP contribution in [0, 0.1) is 0 Å². The van der Waals surface area contributed by atoms with Gasteiger partial charge in [-0.1, -0.05) is 0 Å². The molecule has 0 saturated carbocycles. The average Bonchev–Trinajstić information content (AvgIpc) is 2.66. The van der Waals surface area contributed by atoms with Crippen LogP contribution in [-0.2, 0) is 24.0 Å². The molecule has 0 bridgehead atoms. The second-order valence-electron chi connectivity index (χ2n) is 6.01. The molecule has 0 heterocycles. The molecule has 14 nitrogen and oxygen atoms in total. The fourth-order valence-electron chi connectivity index (χ4n) is 2.14. The Hall–Kier alpha value is -3.07. The summed E-state index contributed by atoms with van der Waals surface area (Å²) in [7, 11) is 0. The standard InChI is InChI=1S/C15H27N7O7S/c16-5-10(23)20-9(6-30)13(27)21-7(2-1-3-19-15(17)18)12(26)22-8(14(28)29)4-11(24)25/h7-9,30H,1-6,16H2,(H,20,23)(H,21,27)(H,22,26)(H,24,25)(H,28,29)(H4,17,18,19). The number of carbonyl (C=O) groups excluding carboxylic acids is 3. The van der Waals surface area contributed by atoms with Crippen molar-refractivity contribution in [1.82, 2.24) is 16.0 Å². The maximum atomic E-state index is 12.5. The smallest absolute Gasteiger partial charge is 0.326 e. The summed E-state index contributed by atoms with van der Waals surface area (Å²) in [5.74, 6) is -5.58. The highest BCUT2D eigenvalue weighted by molar-refractivity contribution is 7.80. The third-order valence-corrected chi connectivity index (χ3v) is 3.96. The number of thiol groups is 1. The first-order valence-electron chi connectivity index (χ1n) is 8.72. The van der Waals surface area contributed by atoms with Gasteiger partial charge in [0.25, 0.3) is 0 Å². The van der Waals surface area contributed by atoms with Gasteiger partial charge in [-0.05, 0) is 12.8 Å². The van der Waals surface area contributed by atoms with E-state index in [4.69, 9.17) is 27.4 Å². The molecule has 11 N–H and O–H groups in total. The fraction of sp³-hybridized carbons (Fsp3) is 0.600. The molecule has 0 radical (unpaired) electrons. The Morgan fingerprint density at radius 3 is 1.97 bits per heavy atom. The van der Waals surface area contributed by atoms with Crippen LogP contribution >= 0.6 is 12.6 Å². The molecule has 0 aromatic heterocycles. The van der Waals surface area contributed by atoms with Crippen LogP contribution < -0.4 is 33.2 Å². The largest absolute Gasteiger partial charge is 0.481 e. The summed E-state index contributed by atoms with van der Waals surface area (Å²) in [6.07, 6.45) is -0.632.